The van der Waals surface area contributed by atoms with Gasteiger partial charge in [0.1, 0.15) is 5.75 Å². The Morgan fingerprint density at radius 1 is 0.844 bits per heavy atom. The Bertz CT molecular complexity index is 1630. The van der Waals surface area contributed by atoms with Crippen molar-refractivity contribution in [3.8, 4) is 16.9 Å². The Balaban J connectivity index is 1.18. The smallest absolute Gasteiger partial charge is 0.406 e. The first-order valence-electron chi connectivity index (χ1n) is 15.7. The summed E-state index contributed by atoms with van der Waals surface area (Å²) in [4.78, 5) is 5.10. The number of nitrogens with two attached hydrogens (primary N) is 2. The van der Waals surface area contributed by atoms with E-state index in [1.165, 1.54) is 42.5 Å². The van der Waals surface area contributed by atoms with Gasteiger partial charge < -0.3 is 20.8 Å². The zero-order valence-electron chi connectivity index (χ0n) is 25.5. The van der Waals surface area contributed by atoms with E-state index in [1.54, 1.807) is 6.07 Å². The van der Waals surface area contributed by atoms with Gasteiger partial charge in [0.15, 0.2) is 0 Å². The number of fused-ring (bicyclic) bond motifs is 1. The highest BCUT2D eigenvalue weighted by molar-refractivity contribution is 6.31. The van der Waals surface area contributed by atoms with Crippen LogP contribution in [0.5, 0.6) is 5.75 Å². The molecule has 0 unspecified atom stereocenters. The van der Waals surface area contributed by atoms with Crippen LogP contribution in [-0.2, 0) is 26.2 Å². The summed E-state index contributed by atoms with van der Waals surface area (Å²) in [6.45, 7) is 7.51. The summed E-state index contributed by atoms with van der Waals surface area (Å²) >= 11 is 6.44. The summed E-state index contributed by atoms with van der Waals surface area (Å²) in [5, 5.41) is 1.90. The van der Waals surface area contributed by atoms with Crippen molar-refractivity contribution < 1.29 is 17.9 Å². The Labute approximate surface area is 267 Å². The summed E-state index contributed by atoms with van der Waals surface area (Å²) in [5.41, 5.74) is 18.1. The fourth-order valence-corrected chi connectivity index (χ4v) is 7.38. The number of alkyl halides is 3. The highest BCUT2D eigenvalue weighted by atomic mass is 35.5. The van der Waals surface area contributed by atoms with Crippen molar-refractivity contribution in [1.29, 1.82) is 0 Å². The topological polar surface area (TPSA) is 72.7 Å². The number of likely N-dealkylation sites (tertiary alicyclic amines) is 2. The Morgan fingerprint density at radius 2 is 1.60 bits per heavy atom. The van der Waals surface area contributed by atoms with Crippen LogP contribution in [0.3, 0.4) is 0 Å². The monoisotopic (exact) mass is 639 g/mol. The molecule has 3 heterocycles. The molecular formula is C35H41ClF3N5O. The van der Waals surface area contributed by atoms with Gasteiger partial charge >= 0.3 is 6.36 Å². The molecule has 1 spiro atoms. The lowest BCUT2D eigenvalue weighted by molar-refractivity contribution is -0.274. The van der Waals surface area contributed by atoms with Crippen LogP contribution < -0.4 is 16.2 Å². The lowest BCUT2D eigenvalue weighted by Crippen LogP contribution is -2.41. The molecular weight excluding hydrogens is 599 g/mol. The highest BCUT2D eigenvalue weighted by Gasteiger charge is 2.40. The van der Waals surface area contributed by atoms with E-state index in [9.17, 15) is 13.2 Å². The third kappa shape index (κ3) is 7.34. The molecule has 2 saturated heterocycles. The summed E-state index contributed by atoms with van der Waals surface area (Å²) in [7, 11) is 0. The molecule has 0 saturated carbocycles. The van der Waals surface area contributed by atoms with E-state index in [0.717, 1.165) is 79.3 Å². The molecule has 3 aromatic carbocycles. The predicted octanol–water partition coefficient (Wildman–Crippen LogP) is 7.16. The normalized spacial score (nSPS) is 17.5. The molecule has 6 rings (SSSR count). The molecule has 1 aromatic heterocycles. The highest BCUT2D eigenvalue weighted by Crippen LogP contribution is 2.42. The van der Waals surface area contributed by atoms with E-state index in [0.29, 0.717) is 17.5 Å². The quantitative estimate of drug-likeness (QED) is 0.193. The van der Waals surface area contributed by atoms with Crippen LogP contribution in [0.15, 0.2) is 66.9 Å². The molecule has 4 aromatic rings. The first-order valence-corrected chi connectivity index (χ1v) is 16.1. The van der Waals surface area contributed by atoms with Crippen molar-refractivity contribution in [1.82, 2.24) is 14.4 Å². The molecule has 0 bridgehead atoms. The molecule has 0 radical (unpaired) electrons. The number of halogens is 4. The van der Waals surface area contributed by atoms with Crippen molar-refractivity contribution in [3.05, 3.63) is 88.6 Å². The number of hydrogen-bond donors (Lipinski definition) is 2. The fourth-order valence-electron chi connectivity index (χ4n) is 7.18. The number of piperidine rings is 1. The molecule has 10 heteroatoms. The van der Waals surface area contributed by atoms with E-state index < -0.39 is 6.36 Å². The number of aryl methyl sites for hydroxylation is 1. The van der Waals surface area contributed by atoms with E-state index in [4.69, 9.17) is 23.1 Å². The van der Waals surface area contributed by atoms with Crippen molar-refractivity contribution in [2.45, 2.75) is 58.2 Å². The standard InChI is InChI=1S/C35H41ClF3N5O/c36-32-5-2-1-4-26(32)22-43-17-12-34(24-43)10-15-42(16-11-34)21-25-6-9-33-30(18-25)31(23-44(33)14-3-13-40)29-8-7-28(19-27(29)20-41)45-35(37,38)39/h1-2,4-9,18-19,23H,3,10-17,20-22,24,40-41H2. The third-order valence-corrected chi connectivity index (χ3v) is 9.93. The van der Waals surface area contributed by atoms with Crippen LogP contribution in [0.2, 0.25) is 5.02 Å². The maximum Gasteiger partial charge on any atom is 0.573 e. The van der Waals surface area contributed by atoms with Crippen LogP contribution in [0.25, 0.3) is 22.0 Å². The van der Waals surface area contributed by atoms with E-state index in [2.05, 4.69) is 55.6 Å². The molecule has 4 N–H and O–H groups in total. The molecule has 0 atom stereocenters. The van der Waals surface area contributed by atoms with Crippen LogP contribution in [0.4, 0.5) is 13.2 Å². The largest absolute Gasteiger partial charge is 0.573 e. The second kappa shape index (κ2) is 13.3. The minimum atomic E-state index is -4.76. The zero-order chi connectivity index (χ0) is 31.6. The molecule has 240 valence electrons. The molecule has 2 fully saturated rings. The van der Waals surface area contributed by atoms with Crippen LogP contribution >= 0.6 is 11.6 Å². The number of rotatable bonds is 10. The second-order valence-corrected chi connectivity index (χ2v) is 13.0. The van der Waals surface area contributed by atoms with Gasteiger partial charge in [-0.1, -0.05) is 41.9 Å². The van der Waals surface area contributed by atoms with Crippen molar-refractivity contribution in [2.75, 3.05) is 32.7 Å². The Kier molecular flexibility index (Phi) is 9.45. The van der Waals surface area contributed by atoms with Gasteiger partial charge in [-0.3, -0.25) is 9.80 Å². The number of hydrogen-bond acceptors (Lipinski definition) is 5. The Morgan fingerprint density at radius 3 is 2.31 bits per heavy atom. The molecule has 0 amide bonds. The maximum absolute atomic E-state index is 12.9. The molecule has 2 aliphatic heterocycles. The van der Waals surface area contributed by atoms with Crippen LogP contribution in [-0.4, -0.2) is 53.5 Å². The fraction of sp³-hybridized carbons (Fsp3) is 0.429. The summed E-state index contributed by atoms with van der Waals surface area (Å²) < 4.78 is 45.0. The molecule has 0 aliphatic carbocycles. The number of nitrogens with zero attached hydrogens (tertiary/aromatic N) is 3. The first kappa shape index (κ1) is 31.9. The lowest BCUT2D eigenvalue weighted by atomic mass is 9.77. The van der Waals surface area contributed by atoms with Crippen LogP contribution in [0.1, 0.15) is 42.4 Å². The lowest BCUT2D eigenvalue weighted by Gasteiger charge is -2.39. The van der Waals surface area contributed by atoms with Crippen molar-refractivity contribution in [2.24, 2.45) is 16.9 Å². The van der Waals surface area contributed by atoms with E-state index in [1.807, 2.05) is 12.1 Å². The van der Waals surface area contributed by atoms with Gasteiger partial charge in [0, 0.05) is 60.4 Å². The van der Waals surface area contributed by atoms with Crippen LogP contribution in [0, 0.1) is 5.41 Å². The van der Waals surface area contributed by atoms with E-state index in [-0.39, 0.29) is 12.3 Å². The minimum absolute atomic E-state index is 0.0882. The van der Waals surface area contributed by atoms with Gasteiger partial charge in [0.25, 0.3) is 0 Å². The third-order valence-electron chi connectivity index (χ3n) is 9.56. The van der Waals surface area contributed by atoms with Crippen molar-refractivity contribution in [3.63, 3.8) is 0 Å². The second-order valence-electron chi connectivity index (χ2n) is 12.6. The predicted molar refractivity (Wildman–Crippen MR) is 174 cm³/mol. The van der Waals surface area contributed by atoms with Gasteiger partial charge in [-0.05, 0) is 110 Å². The van der Waals surface area contributed by atoms with Gasteiger partial charge in [0.05, 0.1) is 0 Å². The summed E-state index contributed by atoms with van der Waals surface area (Å²) in [6.07, 6.45) is 1.72. The van der Waals surface area contributed by atoms with Crippen molar-refractivity contribution >= 4 is 22.5 Å². The van der Waals surface area contributed by atoms with Gasteiger partial charge in [-0.25, -0.2) is 0 Å². The number of ether oxygens (including phenoxy) is 1. The maximum atomic E-state index is 12.9. The first-order chi connectivity index (χ1) is 21.6. The average molecular weight is 640 g/mol. The summed E-state index contributed by atoms with van der Waals surface area (Å²) in [5.74, 6) is -0.267. The molecule has 45 heavy (non-hydrogen) atoms. The van der Waals surface area contributed by atoms with Gasteiger partial charge in [-0.15, -0.1) is 13.2 Å². The van der Waals surface area contributed by atoms with Gasteiger partial charge in [-0.2, -0.15) is 0 Å². The zero-order valence-corrected chi connectivity index (χ0v) is 26.2. The Hall–Kier alpha value is -3.08. The number of aromatic nitrogens is 1. The van der Waals surface area contributed by atoms with E-state index >= 15 is 0 Å². The molecule has 6 nitrogen and oxygen atoms in total. The summed E-state index contributed by atoms with van der Waals surface area (Å²) in [6, 6.07) is 19.1. The SMILES string of the molecule is NCCCn1cc(-c2ccc(OC(F)(F)F)cc2CN)c2cc(CN3CCC4(CC3)CCN(Cc3ccccc3Cl)C4)ccc21. The molecule has 2 aliphatic rings. The minimum Gasteiger partial charge on any atom is -0.406 e. The van der Waals surface area contributed by atoms with Gasteiger partial charge in [0.2, 0.25) is 0 Å². The average Bonchev–Trinajstić information content (AvgIpc) is 3.58. The number of benzene rings is 3.